The van der Waals surface area contributed by atoms with E-state index in [1.54, 1.807) is 0 Å². The Morgan fingerprint density at radius 1 is 0.909 bits per heavy atom. The van der Waals surface area contributed by atoms with Crippen molar-refractivity contribution in [1.82, 2.24) is 4.90 Å². The van der Waals surface area contributed by atoms with Gasteiger partial charge in [-0.2, -0.15) is 0 Å². The van der Waals surface area contributed by atoms with Crippen LogP contribution >= 0.6 is 0 Å². The van der Waals surface area contributed by atoms with Crippen LogP contribution in [0.5, 0.6) is 5.75 Å². The number of nitrogens with zero attached hydrogens (tertiary/aromatic N) is 4. The van der Waals surface area contributed by atoms with E-state index in [9.17, 15) is 30.3 Å². The van der Waals surface area contributed by atoms with E-state index in [4.69, 9.17) is 5.11 Å². The third kappa shape index (κ3) is 6.98. The zero-order valence-electron chi connectivity index (χ0n) is 18.2. The number of non-ortho nitro benzene ring substituents is 1. The maximum atomic E-state index is 10.4. The summed E-state index contributed by atoms with van der Waals surface area (Å²) in [7, 11) is 0. The second-order valence-corrected chi connectivity index (χ2v) is 7.67. The maximum Gasteiger partial charge on any atom is 0.324 e. The van der Waals surface area contributed by atoms with Crippen LogP contribution in [0.25, 0.3) is 0 Å². The molecule has 1 atom stereocenters. The third-order valence-electron chi connectivity index (χ3n) is 4.96. The lowest BCUT2D eigenvalue weighted by atomic mass is 10.0. The number of benzene rings is 2. The molecule has 3 rings (SSSR count). The maximum absolute atomic E-state index is 10.4. The first-order chi connectivity index (χ1) is 15.6. The van der Waals surface area contributed by atoms with Gasteiger partial charge in [-0.05, 0) is 44.0 Å². The van der Waals surface area contributed by atoms with Crippen molar-refractivity contribution in [2.45, 2.75) is 32.7 Å². The van der Waals surface area contributed by atoms with Crippen molar-refractivity contribution in [3.05, 3.63) is 78.4 Å². The van der Waals surface area contributed by atoms with Crippen LogP contribution in [-0.2, 0) is 0 Å². The topological polar surface area (TPSA) is 153 Å². The summed E-state index contributed by atoms with van der Waals surface area (Å²) in [6.07, 6.45) is 2.66. The summed E-state index contributed by atoms with van der Waals surface area (Å²) >= 11 is 0. The summed E-state index contributed by atoms with van der Waals surface area (Å²) < 4.78 is 0. The van der Waals surface area contributed by atoms with Gasteiger partial charge in [-0.25, -0.2) is 0 Å². The van der Waals surface area contributed by atoms with Crippen LogP contribution < -0.4 is 0 Å². The SMILES string of the molecule is CC(C)C(C#Cc1ccccc1)N1CCCC1.O=[N+]([O-])c1cc([N+](=O)[O-])c(O)c([N+](=O)[O-])c1. The molecule has 1 N–H and O–H groups in total. The Hall–Kier alpha value is -4.04. The molecule has 11 nitrogen and oxygen atoms in total. The first kappa shape index (κ1) is 25.2. The van der Waals surface area contributed by atoms with E-state index in [2.05, 4.69) is 42.7 Å². The van der Waals surface area contributed by atoms with Crippen molar-refractivity contribution in [1.29, 1.82) is 0 Å². The van der Waals surface area contributed by atoms with Gasteiger partial charge in [0.2, 0.25) is 0 Å². The summed E-state index contributed by atoms with van der Waals surface area (Å²) in [6.45, 7) is 6.96. The Morgan fingerprint density at radius 3 is 1.85 bits per heavy atom. The van der Waals surface area contributed by atoms with E-state index in [0.29, 0.717) is 24.1 Å². The lowest BCUT2D eigenvalue weighted by molar-refractivity contribution is -0.404. The molecule has 0 aliphatic carbocycles. The van der Waals surface area contributed by atoms with Crippen molar-refractivity contribution in [3.8, 4) is 17.6 Å². The van der Waals surface area contributed by atoms with Crippen molar-refractivity contribution >= 4 is 17.1 Å². The predicted octanol–water partition coefficient (Wildman–Crippen LogP) is 4.28. The molecule has 1 unspecified atom stereocenters. The van der Waals surface area contributed by atoms with E-state index in [-0.39, 0.29) is 0 Å². The lowest BCUT2D eigenvalue weighted by Crippen LogP contribution is -2.35. The summed E-state index contributed by atoms with van der Waals surface area (Å²) in [6, 6.07) is 11.6. The van der Waals surface area contributed by atoms with Crippen molar-refractivity contribution in [2.24, 2.45) is 5.92 Å². The van der Waals surface area contributed by atoms with Gasteiger partial charge >= 0.3 is 11.4 Å². The Bertz CT molecular complexity index is 1040. The highest BCUT2D eigenvalue weighted by Crippen LogP contribution is 2.38. The molecule has 1 aliphatic rings. The number of phenols is 1. The van der Waals surface area contributed by atoms with E-state index in [1.165, 1.54) is 25.9 Å². The number of phenolic OH excluding ortho intramolecular Hbond substituents is 1. The minimum absolute atomic E-state index is 0.415. The Labute approximate surface area is 190 Å². The summed E-state index contributed by atoms with van der Waals surface area (Å²) in [5, 5.41) is 40.2. The molecule has 0 radical (unpaired) electrons. The molecule has 0 saturated carbocycles. The van der Waals surface area contributed by atoms with Crippen LogP contribution in [0.2, 0.25) is 0 Å². The minimum Gasteiger partial charge on any atom is -0.497 e. The zero-order valence-corrected chi connectivity index (χ0v) is 18.2. The fourth-order valence-corrected chi connectivity index (χ4v) is 3.35. The molecule has 0 amide bonds. The Morgan fingerprint density at radius 2 is 1.42 bits per heavy atom. The van der Waals surface area contributed by atoms with Gasteiger partial charge in [0.15, 0.2) is 0 Å². The molecule has 1 aliphatic heterocycles. The van der Waals surface area contributed by atoms with Gasteiger partial charge < -0.3 is 5.11 Å². The molecular weight excluding hydrogens is 432 g/mol. The molecule has 2 aromatic rings. The van der Waals surface area contributed by atoms with E-state index in [0.717, 1.165) is 5.56 Å². The van der Waals surface area contributed by atoms with Gasteiger partial charge in [-0.3, -0.25) is 35.2 Å². The highest BCUT2D eigenvalue weighted by atomic mass is 16.6. The highest BCUT2D eigenvalue weighted by Gasteiger charge is 2.30. The van der Waals surface area contributed by atoms with Crippen LogP contribution in [0, 0.1) is 48.1 Å². The molecule has 1 saturated heterocycles. The summed E-state index contributed by atoms with van der Waals surface area (Å²) in [4.78, 5) is 30.3. The quantitative estimate of drug-likeness (QED) is 0.397. The molecule has 0 bridgehead atoms. The number of nitro groups is 3. The first-order valence-electron chi connectivity index (χ1n) is 10.2. The van der Waals surface area contributed by atoms with Crippen LogP contribution in [0.3, 0.4) is 0 Å². The van der Waals surface area contributed by atoms with Gasteiger partial charge in [0.25, 0.3) is 11.4 Å². The van der Waals surface area contributed by atoms with Crippen LogP contribution in [-0.4, -0.2) is 43.9 Å². The van der Waals surface area contributed by atoms with Gasteiger partial charge in [0.05, 0.1) is 32.9 Å². The monoisotopic (exact) mass is 456 g/mol. The van der Waals surface area contributed by atoms with E-state index < -0.39 is 37.6 Å². The van der Waals surface area contributed by atoms with E-state index >= 15 is 0 Å². The van der Waals surface area contributed by atoms with Crippen molar-refractivity contribution in [2.75, 3.05) is 13.1 Å². The highest BCUT2D eigenvalue weighted by molar-refractivity contribution is 5.64. The molecule has 1 fully saturated rings. The zero-order chi connectivity index (χ0) is 24.5. The molecule has 1 heterocycles. The molecule has 0 aromatic heterocycles. The first-order valence-corrected chi connectivity index (χ1v) is 10.2. The van der Waals surface area contributed by atoms with Crippen LogP contribution in [0.15, 0.2) is 42.5 Å². The minimum atomic E-state index is -1.21. The molecule has 174 valence electrons. The fraction of sp³-hybridized carbons (Fsp3) is 0.364. The number of likely N-dealkylation sites (tertiary alicyclic amines) is 1. The summed E-state index contributed by atoms with van der Waals surface area (Å²) in [5.74, 6) is 6.16. The summed E-state index contributed by atoms with van der Waals surface area (Å²) in [5.41, 5.74) is -1.88. The fourth-order valence-electron chi connectivity index (χ4n) is 3.35. The average molecular weight is 456 g/mol. The second-order valence-electron chi connectivity index (χ2n) is 7.67. The molecule has 0 spiro atoms. The largest absolute Gasteiger partial charge is 0.497 e. The van der Waals surface area contributed by atoms with E-state index in [1.807, 2.05) is 18.2 Å². The Balaban J connectivity index is 0.000000234. The van der Waals surface area contributed by atoms with Crippen LogP contribution in [0.1, 0.15) is 32.3 Å². The third-order valence-corrected chi connectivity index (χ3v) is 4.96. The standard InChI is InChI=1S/C16H21N.C6H3N3O7/c1-14(2)16(17-12-6-7-13-17)11-10-15-8-4-3-5-9-15;10-6-4(8(13)14)1-3(7(11)12)2-5(6)9(15)16/h3-5,8-9,14,16H,6-7,12-13H2,1-2H3;1-2,10H. The van der Waals surface area contributed by atoms with Crippen LogP contribution in [0.4, 0.5) is 17.1 Å². The van der Waals surface area contributed by atoms with Gasteiger partial charge in [0, 0.05) is 5.56 Å². The van der Waals surface area contributed by atoms with Gasteiger partial charge in [-0.15, -0.1) is 0 Å². The van der Waals surface area contributed by atoms with Crippen molar-refractivity contribution in [3.63, 3.8) is 0 Å². The lowest BCUT2D eigenvalue weighted by Gasteiger charge is -2.25. The predicted molar refractivity (Wildman–Crippen MR) is 121 cm³/mol. The molecule has 33 heavy (non-hydrogen) atoms. The average Bonchev–Trinajstić information content (AvgIpc) is 3.29. The number of hydrogen-bond donors (Lipinski definition) is 1. The molecule has 2 aromatic carbocycles. The normalized spacial score (nSPS) is 13.9. The molecular formula is C22H24N4O7. The molecule has 11 heteroatoms. The second kappa shape index (κ2) is 11.5. The number of nitro benzene ring substituents is 3. The van der Waals surface area contributed by atoms with Crippen molar-refractivity contribution < 1.29 is 19.9 Å². The Kier molecular flexibility index (Phi) is 8.82. The number of aromatic hydroxyl groups is 1. The smallest absolute Gasteiger partial charge is 0.324 e. The number of hydrogen-bond acceptors (Lipinski definition) is 8. The van der Waals surface area contributed by atoms with Gasteiger partial charge in [-0.1, -0.05) is 43.9 Å². The number of rotatable bonds is 5. The van der Waals surface area contributed by atoms with Gasteiger partial charge in [0.1, 0.15) is 0 Å².